The Morgan fingerprint density at radius 2 is 2.20 bits per heavy atom. The number of hydrogen-bond acceptors (Lipinski definition) is 6. The van der Waals surface area contributed by atoms with Gasteiger partial charge < -0.3 is 10.2 Å². The van der Waals surface area contributed by atoms with Gasteiger partial charge in [0.05, 0.1) is 17.5 Å². The molecule has 2 N–H and O–H groups in total. The van der Waals surface area contributed by atoms with Gasteiger partial charge in [0.1, 0.15) is 23.9 Å². The first-order valence-electron chi connectivity index (χ1n) is 5.80. The maximum Gasteiger partial charge on any atom is 0.153 e. The van der Waals surface area contributed by atoms with E-state index in [9.17, 15) is 0 Å². The third-order valence-corrected chi connectivity index (χ3v) is 2.78. The molecule has 0 aliphatic carbocycles. The standard InChI is InChI=1S/C14H9N5O/c15-7-9-6-10(11-3-4-17-8-18-11)13(19-14(9)16)12-2-1-5-20-12/h1-6,8H,(H2,16,19). The molecule has 6 heteroatoms. The molecule has 0 fully saturated rings. The number of nitrogen functional groups attached to an aromatic ring is 1. The number of pyridine rings is 1. The first-order valence-corrected chi connectivity index (χ1v) is 5.80. The Kier molecular flexibility index (Phi) is 2.86. The van der Waals surface area contributed by atoms with Crippen molar-refractivity contribution in [2.45, 2.75) is 0 Å². The van der Waals surface area contributed by atoms with Gasteiger partial charge in [-0.1, -0.05) is 0 Å². The second-order valence-corrected chi connectivity index (χ2v) is 4.00. The lowest BCUT2D eigenvalue weighted by Gasteiger charge is -2.08. The van der Waals surface area contributed by atoms with E-state index in [-0.39, 0.29) is 5.82 Å². The number of nitriles is 1. The van der Waals surface area contributed by atoms with Crippen LogP contribution in [0.4, 0.5) is 5.82 Å². The Labute approximate surface area is 114 Å². The lowest BCUT2D eigenvalue weighted by Crippen LogP contribution is -1.99. The number of furan rings is 1. The van der Waals surface area contributed by atoms with Crippen molar-refractivity contribution in [1.29, 1.82) is 5.26 Å². The van der Waals surface area contributed by atoms with Gasteiger partial charge in [0.15, 0.2) is 5.76 Å². The van der Waals surface area contributed by atoms with Crippen LogP contribution in [-0.4, -0.2) is 15.0 Å². The number of aromatic nitrogens is 3. The lowest BCUT2D eigenvalue weighted by molar-refractivity contribution is 0.580. The van der Waals surface area contributed by atoms with Gasteiger partial charge in [0.25, 0.3) is 0 Å². The average molecular weight is 263 g/mol. The van der Waals surface area contributed by atoms with Gasteiger partial charge in [-0.3, -0.25) is 0 Å². The van der Waals surface area contributed by atoms with Gasteiger partial charge in [-0.2, -0.15) is 5.26 Å². The summed E-state index contributed by atoms with van der Waals surface area (Å²) in [7, 11) is 0. The Morgan fingerprint density at radius 3 is 2.85 bits per heavy atom. The van der Waals surface area contributed by atoms with Crippen molar-refractivity contribution in [3.8, 4) is 28.8 Å². The fourth-order valence-corrected chi connectivity index (χ4v) is 1.86. The number of rotatable bonds is 2. The van der Waals surface area contributed by atoms with Crippen LogP contribution < -0.4 is 5.73 Å². The van der Waals surface area contributed by atoms with Crippen LogP contribution in [-0.2, 0) is 0 Å². The molecule has 3 aromatic rings. The van der Waals surface area contributed by atoms with Crippen LogP contribution in [0.2, 0.25) is 0 Å². The van der Waals surface area contributed by atoms with E-state index in [0.29, 0.717) is 28.3 Å². The molecular weight excluding hydrogens is 254 g/mol. The molecule has 0 spiro atoms. The Balaban J connectivity index is 2.29. The van der Waals surface area contributed by atoms with Crippen molar-refractivity contribution in [2.75, 3.05) is 5.73 Å². The van der Waals surface area contributed by atoms with Crippen LogP contribution in [0.5, 0.6) is 0 Å². The van der Waals surface area contributed by atoms with Crippen LogP contribution in [0.1, 0.15) is 5.56 Å². The summed E-state index contributed by atoms with van der Waals surface area (Å²) in [6, 6.07) is 8.94. The smallest absolute Gasteiger partial charge is 0.153 e. The van der Waals surface area contributed by atoms with Gasteiger partial charge in [-0.15, -0.1) is 0 Å². The van der Waals surface area contributed by atoms with Gasteiger partial charge in [-0.05, 0) is 24.3 Å². The van der Waals surface area contributed by atoms with E-state index in [1.54, 1.807) is 36.7 Å². The summed E-state index contributed by atoms with van der Waals surface area (Å²) in [5, 5.41) is 9.09. The molecule has 0 bridgehead atoms. The monoisotopic (exact) mass is 263 g/mol. The average Bonchev–Trinajstić information content (AvgIpc) is 3.02. The SMILES string of the molecule is N#Cc1cc(-c2ccncn2)c(-c2ccco2)nc1N. The zero-order valence-electron chi connectivity index (χ0n) is 10.3. The van der Waals surface area contributed by atoms with E-state index in [1.807, 2.05) is 6.07 Å². The Morgan fingerprint density at radius 1 is 1.30 bits per heavy atom. The molecule has 0 aromatic carbocycles. The highest BCUT2D eigenvalue weighted by molar-refractivity contribution is 5.79. The Bertz CT molecular complexity index is 775. The molecule has 0 aliphatic heterocycles. The van der Waals surface area contributed by atoms with Gasteiger partial charge in [0, 0.05) is 11.8 Å². The van der Waals surface area contributed by atoms with Crippen molar-refractivity contribution in [2.24, 2.45) is 0 Å². The number of anilines is 1. The highest BCUT2D eigenvalue weighted by Crippen LogP contribution is 2.31. The quantitative estimate of drug-likeness (QED) is 0.760. The number of nitrogens with zero attached hydrogens (tertiary/aromatic N) is 4. The van der Waals surface area contributed by atoms with Crippen molar-refractivity contribution >= 4 is 5.82 Å². The molecule has 0 atom stereocenters. The van der Waals surface area contributed by atoms with Gasteiger partial charge in [0.2, 0.25) is 0 Å². The molecule has 0 radical (unpaired) electrons. The molecule has 20 heavy (non-hydrogen) atoms. The highest BCUT2D eigenvalue weighted by atomic mass is 16.3. The summed E-state index contributed by atoms with van der Waals surface area (Å²) in [6.07, 6.45) is 4.61. The molecule has 0 amide bonds. The molecule has 0 saturated carbocycles. The van der Waals surface area contributed by atoms with Crippen LogP contribution >= 0.6 is 0 Å². The van der Waals surface area contributed by atoms with Crippen molar-refractivity contribution in [3.05, 3.63) is 48.6 Å². The number of nitrogens with two attached hydrogens (primary N) is 1. The first kappa shape index (κ1) is 11.9. The summed E-state index contributed by atoms with van der Waals surface area (Å²) in [4.78, 5) is 12.3. The molecule has 3 heterocycles. The van der Waals surface area contributed by atoms with E-state index in [4.69, 9.17) is 15.4 Å². The van der Waals surface area contributed by atoms with E-state index in [2.05, 4.69) is 15.0 Å². The number of hydrogen-bond donors (Lipinski definition) is 1. The van der Waals surface area contributed by atoms with Crippen molar-refractivity contribution in [3.63, 3.8) is 0 Å². The Hall–Kier alpha value is -3.20. The molecule has 6 nitrogen and oxygen atoms in total. The topological polar surface area (TPSA) is 102 Å². The van der Waals surface area contributed by atoms with E-state index in [1.165, 1.54) is 6.33 Å². The second-order valence-electron chi connectivity index (χ2n) is 4.00. The molecule has 0 saturated heterocycles. The van der Waals surface area contributed by atoms with Gasteiger partial charge in [-0.25, -0.2) is 15.0 Å². The molecule has 96 valence electrons. The van der Waals surface area contributed by atoms with E-state index in [0.717, 1.165) is 0 Å². The third-order valence-electron chi connectivity index (χ3n) is 2.78. The zero-order chi connectivity index (χ0) is 13.9. The van der Waals surface area contributed by atoms with E-state index < -0.39 is 0 Å². The minimum atomic E-state index is 0.164. The maximum absolute atomic E-state index is 9.09. The molecular formula is C14H9N5O. The first-order chi connectivity index (χ1) is 9.79. The summed E-state index contributed by atoms with van der Waals surface area (Å²) in [5.74, 6) is 0.728. The van der Waals surface area contributed by atoms with Crippen LogP contribution in [0.3, 0.4) is 0 Å². The molecule has 3 aromatic heterocycles. The van der Waals surface area contributed by atoms with Crippen LogP contribution in [0, 0.1) is 11.3 Å². The second kappa shape index (κ2) is 4.82. The fraction of sp³-hybridized carbons (Fsp3) is 0. The highest BCUT2D eigenvalue weighted by Gasteiger charge is 2.16. The largest absolute Gasteiger partial charge is 0.463 e. The summed E-state index contributed by atoms with van der Waals surface area (Å²) in [5.41, 5.74) is 7.95. The molecule has 0 aliphatic rings. The lowest BCUT2D eigenvalue weighted by atomic mass is 10.1. The third kappa shape index (κ3) is 1.97. The summed E-state index contributed by atoms with van der Waals surface area (Å²) >= 11 is 0. The van der Waals surface area contributed by atoms with E-state index >= 15 is 0 Å². The maximum atomic E-state index is 9.09. The minimum absolute atomic E-state index is 0.164. The van der Waals surface area contributed by atoms with Crippen molar-refractivity contribution < 1.29 is 4.42 Å². The summed E-state index contributed by atoms with van der Waals surface area (Å²) in [6.45, 7) is 0. The predicted molar refractivity (Wildman–Crippen MR) is 72.1 cm³/mol. The van der Waals surface area contributed by atoms with Crippen molar-refractivity contribution in [1.82, 2.24) is 15.0 Å². The predicted octanol–water partition coefficient (Wildman–Crippen LogP) is 2.25. The summed E-state index contributed by atoms with van der Waals surface area (Å²) < 4.78 is 5.37. The normalized spacial score (nSPS) is 10.2. The minimum Gasteiger partial charge on any atom is -0.463 e. The fourth-order valence-electron chi connectivity index (χ4n) is 1.86. The molecule has 3 rings (SSSR count). The zero-order valence-corrected chi connectivity index (χ0v) is 10.3. The van der Waals surface area contributed by atoms with Gasteiger partial charge >= 0.3 is 0 Å². The molecule has 0 unspecified atom stereocenters. The van der Waals surface area contributed by atoms with Crippen LogP contribution in [0.15, 0.2) is 47.5 Å². The van der Waals surface area contributed by atoms with Crippen LogP contribution in [0.25, 0.3) is 22.7 Å².